The molecule has 0 fully saturated rings. The highest BCUT2D eigenvalue weighted by Gasteiger charge is 2.04. The molecule has 21 heavy (non-hydrogen) atoms. The van der Waals surface area contributed by atoms with Crippen LogP contribution in [0.4, 0.5) is 5.69 Å². The van der Waals surface area contributed by atoms with Gasteiger partial charge in [0.05, 0.1) is 6.42 Å². The smallest absolute Gasteiger partial charge is 0.238 e. The van der Waals surface area contributed by atoms with Crippen LogP contribution in [0.25, 0.3) is 0 Å². The van der Waals surface area contributed by atoms with Crippen molar-refractivity contribution in [3.8, 4) is 0 Å². The van der Waals surface area contributed by atoms with Gasteiger partial charge in [0.15, 0.2) is 0 Å². The number of amides is 1. The molecule has 0 unspecified atom stereocenters. The second kappa shape index (κ2) is 6.90. The summed E-state index contributed by atoms with van der Waals surface area (Å²) < 4.78 is 0. The van der Waals surface area contributed by atoms with Crippen molar-refractivity contribution in [3.63, 3.8) is 0 Å². The number of nitrogens with two attached hydrogens (primary N) is 1. The zero-order valence-electron chi connectivity index (χ0n) is 12.5. The highest BCUT2D eigenvalue weighted by Crippen LogP contribution is 2.17. The van der Waals surface area contributed by atoms with Crippen LogP contribution in [-0.2, 0) is 17.8 Å². The summed E-state index contributed by atoms with van der Waals surface area (Å²) in [7, 11) is 2.07. The Morgan fingerprint density at radius 3 is 2.43 bits per heavy atom. The third-order valence-electron chi connectivity index (χ3n) is 3.41. The largest absolute Gasteiger partial charge is 0.370 e. The molecule has 110 valence electrons. The Hall–Kier alpha value is -2.33. The number of hydrogen-bond donors (Lipinski definition) is 2. The monoisotopic (exact) mass is 283 g/mol. The van der Waals surface area contributed by atoms with Crippen LogP contribution in [0.2, 0.25) is 0 Å². The fourth-order valence-corrected chi connectivity index (χ4v) is 2.23. The van der Waals surface area contributed by atoms with E-state index in [1.54, 1.807) is 0 Å². The number of anilines is 1. The Morgan fingerprint density at radius 2 is 1.81 bits per heavy atom. The third-order valence-corrected chi connectivity index (χ3v) is 3.41. The molecule has 0 heterocycles. The molecule has 0 saturated carbocycles. The lowest BCUT2D eigenvalue weighted by molar-refractivity contribution is -0.120. The third kappa shape index (κ3) is 4.33. The van der Waals surface area contributed by atoms with Crippen LogP contribution in [-0.4, -0.2) is 13.0 Å². The Labute approximate surface area is 125 Å². The first kappa shape index (κ1) is 15.1. The van der Waals surface area contributed by atoms with Gasteiger partial charge in [-0.15, -0.1) is 0 Å². The van der Waals surface area contributed by atoms with Crippen molar-refractivity contribution in [2.24, 2.45) is 5.84 Å². The van der Waals surface area contributed by atoms with E-state index >= 15 is 0 Å². The van der Waals surface area contributed by atoms with Gasteiger partial charge >= 0.3 is 0 Å². The Kier molecular flexibility index (Phi) is 4.95. The van der Waals surface area contributed by atoms with Crippen molar-refractivity contribution in [1.82, 2.24) is 5.43 Å². The first-order valence-corrected chi connectivity index (χ1v) is 6.93. The fourth-order valence-electron chi connectivity index (χ4n) is 2.23. The number of hydrogen-bond acceptors (Lipinski definition) is 3. The van der Waals surface area contributed by atoms with Crippen molar-refractivity contribution in [2.75, 3.05) is 11.9 Å². The normalized spacial score (nSPS) is 10.2. The number of rotatable bonds is 5. The molecule has 0 aliphatic carbocycles. The summed E-state index contributed by atoms with van der Waals surface area (Å²) in [6, 6.07) is 16.5. The maximum atomic E-state index is 11.2. The van der Waals surface area contributed by atoms with Gasteiger partial charge in [0, 0.05) is 19.3 Å². The molecule has 0 saturated heterocycles. The highest BCUT2D eigenvalue weighted by atomic mass is 16.2. The maximum absolute atomic E-state index is 11.2. The van der Waals surface area contributed by atoms with Gasteiger partial charge in [-0.05, 0) is 35.7 Å². The number of nitrogens with one attached hydrogen (secondary N) is 1. The second-order valence-corrected chi connectivity index (χ2v) is 5.26. The van der Waals surface area contributed by atoms with E-state index in [0.717, 1.165) is 12.1 Å². The highest BCUT2D eigenvalue weighted by molar-refractivity contribution is 5.77. The van der Waals surface area contributed by atoms with Crippen LogP contribution >= 0.6 is 0 Å². The molecule has 2 aromatic rings. The van der Waals surface area contributed by atoms with E-state index in [-0.39, 0.29) is 5.91 Å². The molecular weight excluding hydrogens is 262 g/mol. The average Bonchev–Trinajstić information content (AvgIpc) is 2.49. The molecule has 0 aromatic heterocycles. The summed E-state index contributed by atoms with van der Waals surface area (Å²) in [6.07, 6.45) is 0.310. The van der Waals surface area contributed by atoms with Gasteiger partial charge in [-0.3, -0.25) is 10.2 Å². The van der Waals surface area contributed by atoms with E-state index in [1.165, 1.54) is 16.8 Å². The second-order valence-electron chi connectivity index (χ2n) is 5.26. The lowest BCUT2D eigenvalue weighted by Gasteiger charge is -2.20. The molecule has 0 bridgehead atoms. The summed E-state index contributed by atoms with van der Waals surface area (Å²) in [4.78, 5) is 13.4. The average molecular weight is 283 g/mol. The molecule has 0 radical (unpaired) electrons. The van der Waals surface area contributed by atoms with Crippen molar-refractivity contribution in [2.45, 2.75) is 19.9 Å². The molecule has 0 atom stereocenters. The fraction of sp³-hybridized carbons (Fsp3) is 0.235. The van der Waals surface area contributed by atoms with Crippen molar-refractivity contribution in [3.05, 3.63) is 65.2 Å². The van der Waals surface area contributed by atoms with Crippen LogP contribution in [0.15, 0.2) is 48.5 Å². The summed E-state index contributed by atoms with van der Waals surface area (Å²) in [6.45, 7) is 2.92. The Bertz CT molecular complexity index is 608. The van der Waals surface area contributed by atoms with Crippen molar-refractivity contribution >= 4 is 11.6 Å². The van der Waals surface area contributed by atoms with E-state index in [1.807, 2.05) is 24.3 Å². The quantitative estimate of drug-likeness (QED) is 0.502. The SMILES string of the molecule is Cc1cccc(N(C)Cc2ccc(CC(=O)NN)cc2)c1. The first-order valence-electron chi connectivity index (χ1n) is 6.93. The van der Waals surface area contributed by atoms with E-state index in [2.05, 4.69) is 48.6 Å². The molecule has 1 amide bonds. The topological polar surface area (TPSA) is 58.4 Å². The molecular formula is C17H21N3O. The zero-order valence-corrected chi connectivity index (χ0v) is 12.5. The van der Waals surface area contributed by atoms with E-state index in [9.17, 15) is 4.79 Å². The molecule has 4 heteroatoms. The van der Waals surface area contributed by atoms with E-state index in [4.69, 9.17) is 5.84 Å². The van der Waals surface area contributed by atoms with Crippen LogP contribution in [0.3, 0.4) is 0 Å². The van der Waals surface area contributed by atoms with Gasteiger partial charge in [0.2, 0.25) is 5.91 Å². The summed E-state index contributed by atoms with van der Waals surface area (Å²) in [5, 5.41) is 0. The Balaban J connectivity index is 2.01. The van der Waals surface area contributed by atoms with Crippen LogP contribution in [0, 0.1) is 6.92 Å². The molecule has 0 aliphatic heterocycles. The van der Waals surface area contributed by atoms with Gasteiger partial charge in [0.1, 0.15) is 0 Å². The number of aryl methyl sites for hydroxylation is 1. The predicted molar refractivity (Wildman–Crippen MR) is 85.8 cm³/mol. The predicted octanol–water partition coefficient (Wildman–Crippen LogP) is 2.16. The van der Waals surface area contributed by atoms with E-state index in [0.29, 0.717) is 6.42 Å². The zero-order chi connectivity index (χ0) is 15.2. The molecule has 4 nitrogen and oxygen atoms in total. The number of nitrogens with zero attached hydrogens (tertiary/aromatic N) is 1. The maximum Gasteiger partial charge on any atom is 0.238 e. The molecule has 3 N–H and O–H groups in total. The summed E-state index contributed by atoms with van der Waals surface area (Å²) >= 11 is 0. The van der Waals surface area contributed by atoms with Crippen molar-refractivity contribution < 1.29 is 4.79 Å². The lowest BCUT2D eigenvalue weighted by atomic mass is 10.1. The first-order chi connectivity index (χ1) is 10.1. The molecule has 0 aliphatic rings. The minimum atomic E-state index is -0.181. The number of benzene rings is 2. The van der Waals surface area contributed by atoms with E-state index < -0.39 is 0 Å². The van der Waals surface area contributed by atoms with Gasteiger partial charge in [0.25, 0.3) is 0 Å². The van der Waals surface area contributed by atoms with Gasteiger partial charge in [-0.25, -0.2) is 5.84 Å². The standard InChI is InChI=1S/C17H21N3O/c1-13-4-3-5-16(10-13)20(2)12-15-8-6-14(7-9-15)11-17(21)19-18/h3-10H,11-12,18H2,1-2H3,(H,19,21). The molecule has 2 aromatic carbocycles. The van der Waals surface area contributed by atoms with Crippen molar-refractivity contribution in [1.29, 1.82) is 0 Å². The number of hydrazine groups is 1. The number of carbonyl (C=O) groups excluding carboxylic acids is 1. The van der Waals surface area contributed by atoms with Gasteiger partial charge in [-0.2, -0.15) is 0 Å². The number of carbonyl (C=O) groups is 1. The van der Waals surface area contributed by atoms with Gasteiger partial charge in [-0.1, -0.05) is 36.4 Å². The van der Waals surface area contributed by atoms with Crippen LogP contribution in [0.5, 0.6) is 0 Å². The summed E-state index contributed by atoms with van der Waals surface area (Å²) in [5.41, 5.74) is 6.75. The van der Waals surface area contributed by atoms with Gasteiger partial charge < -0.3 is 4.90 Å². The molecule has 2 rings (SSSR count). The molecule has 0 spiro atoms. The summed E-state index contributed by atoms with van der Waals surface area (Å²) in [5.74, 6) is 4.91. The Morgan fingerprint density at radius 1 is 1.14 bits per heavy atom. The van der Waals surface area contributed by atoms with Crippen LogP contribution < -0.4 is 16.2 Å². The van der Waals surface area contributed by atoms with Crippen LogP contribution in [0.1, 0.15) is 16.7 Å². The minimum Gasteiger partial charge on any atom is -0.370 e. The minimum absolute atomic E-state index is 0.181. The lowest BCUT2D eigenvalue weighted by Crippen LogP contribution is -2.31.